The van der Waals surface area contributed by atoms with E-state index in [9.17, 15) is 9.59 Å². The summed E-state index contributed by atoms with van der Waals surface area (Å²) in [5, 5.41) is 5.80. The molecule has 0 radical (unpaired) electrons. The van der Waals surface area contributed by atoms with Crippen molar-refractivity contribution in [1.82, 2.24) is 10.6 Å². The number of hydrogen-bond acceptors (Lipinski definition) is 4. The molecular formula is C16H24N2O3. The van der Waals surface area contributed by atoms with E-state index in [-0.39, 0.29) is 18.0 Å². The first-order valence-corrected chi connectivity index (χ1v) is 6.98. The third kappa shape index (κ3) is 6.90. The van der Waals surface area contributed by atoms with Gasteiger partial charge in [-0.2, -0.15) is 0 Å². The van der Waals surface area contributed by atoms with E-state index in [2.05, 4.69) is 10.6 Å². The van der Waals surface area contributed by atoms with Gasteiger partial charge in [-0.1, -0.05) is 30.3 Å². The van der Waals surface area contributed by atoms with Gasteiger partial charge in [0.15, 0.2) is 0 Å². The Morgan fingerprint density at radius 3 is 2.33 bits per heavy atom. The van der Waals surface area contributed by atoms with Gasteiger partial charge in [0.25, 0.3) is 0 Å². The van der Waals surface area contributed by atoms with Crippen LogP contribution in [0.3, 0.4) is 0 Å². The number of amides is 1. The van der Waals surface area contributed by atoms with Crippen molar-refractivity contribution >= 4 is 11.9 Å². The van der Waals surface area contributed by atoms with Crippen LogP contribution in [0.4, 0.5) is 0 Å². The minimum absolute atomic E-state index is 0.155. The predicted octanol–water partition coefficient (Wildman–Crippen LogP) is 1.27. The van der Waals surface area contributed by atoms with Gasteiger partial charge in [0, 0.05) is 12.0 Å². The number of carbonyl (C=O) groups excluding carboxylic acids is 2. The first-order chi connectivity index (χ1) is 9.81. The summed E-state index contributed by atoms with van der Waals surface area (Å²) < 4.78 is 4.76. The van der Waals surface area contributed by atoms with Crippen molar-refractivity contribution in [3.8, 4) is 0 Å². The zero-order valence-electron chi connectivity index (χ0n) is 13.1. The smallest absolute Gasteiger partial charge is 0.328 e. The Morgan fingerprint density at radius 1 is 1.19 bits per heavy atom. The lowest BCUT2D eigenvalue weighted by Crippen LogP contribution is -2.49. The third-order valence-electron chi connectivity index (χ3n) is 2.88. The molecule has 0 aliphatic rings. The van der Waals surface area contributed by atoms with Gasteiger partial charge in [-0.05, 0) is 26.3 Å². The van der Waals surface area contributed by atoms with Crippen molar-refractivity contribution in [1.29, 1.82) is 0 Å². The van der Waals surface area contributed by atoms with Crippen LogP contribution in [0.15, 0.2) is 30.3 Å². The fourth-order valence-corrected chi connectivity index (χ4v) is 1.78. The van der Waals surface area contributed by atoms with Gasteiger partial charge in [-0.3, -0.25) is 4.79 Å². The Hall–Kier alpha value is -1.88. The number of nitrogens with one attached hydrogen (secondary N) is 2. The van der Waals surface area contributed by atoms with Crippen molar-refractivity contribution in [2.75, 3.05) is 13.7 Å². The highest BCUT2D eigenvalue weighted by Gasteiger charge is 2.22. The predicted molar refractivity (Wildman–Crippen MR) is 81.8 cm³/mol. The normalized spacial score (nSPS) is 12.6. The summed E-state index contributed by atoms with van der Waals surface area (Å²) in [6, 6.07) is 8.85. The second kappa shape index (κ2) is 7.78. The van der Waals surface area contributed by atoms with Crippen LogP contribution in [0.25, 0.3) is 0 Å². The minimum Gasteiger partial charge on any atom is -0.467 e. The zero-order valence-corrected chi connectivity index (χ0v) is 13.1. The monoisotopic (exact) mass is 292 g/mol. The minimum atomic E-state index is -0.674. The Balaban J connectivity index is 2.62. The highest BCUT2D eigenvalue weighted by Crippen LogP contribution is 2.04. The maximum absolute atomic E-state index is 11.9. The third-order valence-corrected chi connectivity index (χ3v) is 2.88. The van der Waals surface area contributed by atoms with Gasteiger partial charge in [0.05, 0.1) is 13.7 Å². The number of hydrogen-bond donors (Lipinski definition) is 2. The summed E-state index contributed by atoms with van der Waals surface area (Å²) in [5.41, 5.74) is 0.814. The van der Waals surface area contributed by atoms with E-state index in [0.29, 0.717) is 6.42 Å². The van der Waals surface area contributed by atoms with Crippen LogP contribution >= 0.6 is 0 Å². The maximum atomic E-state index is 11.9. The van der Waals surface area contributed by atoms with Crippen LogP contribution in [-0.2, 0) is 20.7 Å². The molecule has 0 saturated heterocycles. The molecule has 0 aliphatic carbocycles. The van der Waals surface area contributed by atoms with Crippen LogP contribution in [0, 0.1) is 0 Å². The van der Waals surface area contributed by atoms with Gasteiger partial charge in [0.1, 0.15) is 6.04 Å². The molecule has 5 nitrogen and oxygen atoms in total. The molecule has 0 heterocycles. The lowest BCUT2D eigenvalue weighted by Gasteiger charge is -2.22. The maximum Gasteiger partial charge on any atom is 0.328 e. The first-order valence-electron chi connectivity index (χ1n) is 6.98. The average Bonchev–Trinajstić information content (AvgIpc) is 2.44. The molecule has 0 aromatic heterocycles. The Labute approximate surface area is 126 Å². The summed E-state index contributed by atoms with van der Waals surface area (Å²) in [4.78, 5) is 23.7. The van der Waals surface area contributed by atoms with Crippen molar-refractivity contribution in [3.63, 3.8) is 0 Å². The summed E-state index contributed by atoms with van der Waals surface area (Å²) in [5.74, 6) is -0.667. The van der Waals surface area contributed by atoms with E-state index in [1.54, 1.807) is 0 Å². The molecule has 0 fully saturated rings. The molecule has 0 saturated carbocycles. The second-order valence-corrected chi connectivity index (χ2v) is 5.94. The number of rotatable bonds is 6. The van der Waals surface area contributed by atoms with Gasteiger partial charge in [-0.25, -0.2) is 4.79 Å². The number of carbonyl (C=O) groups is 2. The molecular weight excluding hydrogens is 268 g/mol. The molecule has 0 bridgehead atoms. The van der Waals surface area contributed by atoms with E-state index in [1.807, 2.05) is 51.1 Å². The quantitative estimate of drug-likeness (QED) is 0.775. The van der Waals surface area contributed by atoms with Crippen LogP contribution in [-0.4, -0.2) is 37.1 Å². The highest BCUT2D eigenvalue weighted by atomic mass is 16.5. The van der Waals surface area contributed by atoms with E-state index in [0.717, 1.165) is 5.56 Å². The van der Waals surface area contributed by atoms with Crippen LogP contribution < -0.4 is 10.6 Å². The van der Waals surface area contributed by atoms with Crippen molar-refractivity contribution < 1.29 is 14.3 Å². The fourth-order valence-electron chi connectivity index (χ4n) is 1.78. The largest absolute Gasteiger partial charge is 0.467 e. The lowest BCUT2D eigenvalue weighted by molar-refractivity contribution is -0.145. The van der Waals surface area contributed by atoms with E-state index < -0.39 is 12.0 Å². The SMILES string of the molecule is COC(=O)C(Cc1ccccc1)NC(=O)CNC(C)(C)C. The van der Waals surface area contributed by atoms with Crippen molar-refractivity contribution in [2.45, 2.75) is 38.8 Å². The number of benzene rings is 1. The topological polar surface area (TPSA) is 67.4 Å². The molecule has 1 aromatic carbocycles. The van der Waals surface area contributed by atoms with Crippen LogP contribution in [0.1, 0.15) is 26.3 Å². The molecule has 1 unspecified atom stereocenters. The number of ether oxygens (including phenoxy) is 1. The summed E-state index contributed by atoms with van der Waals surface area (Å²) in [6.07, 6.45) is 0.411. The number of esters is 1. The lowest BCUT2D eigenvalue weighted by atomic mass is 10.1. The van der Waals surface area contributed by atoms with Gasteiger partial charge in [-0.15, -0.1) is 0 Å². The van der Waals surface area contributed by atoms with E-state index in [1.165, 1.54) is 7.11 Å². The molecule has 21 heavy (non-hydrogen) atoms. The molecule has 5 heteroatoms. The standard InChI is InChI=1S/C16H24N2O3/c1-16(2,3)17-11-14(19)18-13(15(20)21-4)10-12-8-6-5-7-9-12/h5-9,13,17H,10-11H2,1-4H3,(H,18,19). The molecule has 0 aliphatic heterocycles. The van der Waals surface area contributed by atoms with Gasteiger partial charge >= 0.3 is 5.97 Å². The van der Waals surface area contributed by atoms with Crippen LogP contribution in [0.2, 0.25) is 0 Å². The van der Waals surface area contributed by atoms with E-state index in [4.69, 9.17) is 4.74 Å². The molecule has 1 amide bonds. The number of methoxy groups -OCH3 is 1. The summed E-state index contributed by atoms with van der Waals surface area (Å²) in [6.45, 7) is 6.08. The average molecular weight is 292 g/mol. The van der Waals surface area contributed by atoms with Crippen molar-refractivity contribution in [2.24, 2.45) is 0 Å². The fraction of sp³-hybridized carbons (Fsp3) is 0.500. The summed E-state index contributed by atoms with van der Waals surface area (Å²) >= 11 is 0. The molecule has 1 aromatic rings. The molecule has 1 rings (SSSR count). The Morgan fingerprint density at radius 2 is 1.81 bits per heavy atom. The molecule has 116 valence electrons. The first kappa shape index (κ1) is 17.2. The Kier molecular flexibility index (Phi) is 6.37. The Bertz CT molecular complexity index is 466. The van der Waals surface area contributed by atoms with E-state index >= 15 is 0 Å². The highest BCUT2D eigenvalue weighted by molar-refractivity contribution is 5.85. The second-order valence-electron chi connectivity index (χ2n) is 5.94. The zero-order chi connectivity index (χ0) is 15.9. The van der Waals surface area contributed by atoms with Gasteiger partial charge < -0.3 is 15.4 Å². The molecule has 2 N–H and O–H groups in total. The molecule has 1 atom stereocenters. The summed E-state index contributed by atoms with van der Waals surface area (Å²) in [7, 11) is 1.32. The van der Waals surface area contributed by atoms with Crippen LogP contribution in [0.5, 0.6) is 0 Å². The van der Waals surface area contributed by atoms with Crippen molar-refractivity contribution in [3.05, 3.63) is 35.9 Å². The molecule has 0 spiro atoms. The van der Waals surface area contributed by atoms with Gasteiger partial charge in [0.2, 0.25) is 5.91 Å².